The Labute approximate surface area is 58.9 Å². The van der Waals surface area contributed by atoms with Crippen molar-refractivity contribution in [3.63, 3.8) is 0 Å². The summed E-state index contributed by atoms with van der Waals surface area (Å²) in [4.78, 5) is 0. The van der Waals surface area contributed by atoms with E-state index in [0.717, 1.165) is 0 Å². The smallest absolute Gasteiger partial charge is 0.226 e. The fourth-order valence-electron chi connectivity index (χ4n) is 0.918. The molecular formula is C4H9NO4S. The number of hydrogen-bond donors (Lipinski definition) is 2. The van der Waals surface area contributed by atoms with Crippen molar-refractivity contribution < 1.29 is 18.6 Å². The van der Waals surface area contributed by atoms with Gasteiger partial charge >= 0.3 is 0 Å². The Balaban J connectivity index is 2.79. The van der Waals surface area contributed by atoms with Gasteiger partial charge in [0.2, 0.25) is 16.4 Å². The normalized spacial score (nSPS) is 25.9. The van der Waals surface area contributed by atoms with E-state index in [4.69, 9.17) is 10.2 Å². The minimum absolute atomic E-state index is 0.0185. The average molecular weight is 167 g/mol. The van der Waals surface area contributed by atoms with E-state index < -0.39 is 16.4 Å². The molecule has 0 amide bonds. The zero-order valence-electron chi connectivity index (χ0n) is 5.27. The molecule has 10 heavy (non-hydrogen) atoms. The van der Waals surface area contributed by atoms with Crippen molar-refractivity contribution in [3.05, 3.63) is 0 Å². The molecule has 0 aromatic heterocycles. The standard InChI is InChI=1S/C4H9NO4S/c6-4(7)5-2-1-3-10(5,8)9/h4,6-7H,1-3H2. The van der Waals surface area contributed by atoms with Crippen molar-refractivity contribution in [1.82, 2.24) is 4.31 Å². The van der Waals surface area contributed by atoms with Gasteiger partial charge in [-0.2, -0.15) is 4.31 Å². The van der Waals surface area contributed by atoms with Crippen LogP contribution in [0.4, 0.5) is 0 Å². The van der Waals surface area contributed by atoms with E-state index in [1.54, 1.807) is 0 Å². The second-order valence-electron chi connectivity index (χ2n) is 2.13. The lowest BCUT2D eigenvalue weighted by Gasteiger charge is -2.14. The summed E-state index contributed by atoms with van der Waals surface area (Å²) in [6.07, 6.45) is -1.40. The van der Waals surface area contributed by atoms with Gasteiger partial charge in [0, 0.05) is 6.54 Å². The van der Waals surface area contributed by atoms with E-state index in [1.807, 2.05) is 0 Å². The second-order valence-corrected chi connectivity index (χ2v) is 4.17. The first-order valence-corrected chi connectivity index (χ1v) is 4.50. The quantitative estimate of drug-likeness (QED) is 0.456. The third kappa shape index (κ3) is 1.29. The van der Waals surface area contributed by atoms with Crippen molar-refractivity contribution in [2.24, 2.45) is 0 Å². The molecule has 0 aromatic rings. The minimum Gasteiger partial charge on any atom is -0.355 e. The van der Waals surface area contributed by atoms with Crippen molar-refractivity contribution in [3.8, 4) is 0 Å². The van der Waals surface area contributed by atoms with Gasteiger partial charge in [-0.1, -0.05) is 0 Å². The van der Waals surface area contributed by atoms with E-state index in [2.05, 4.69) is 0 Å². The Hall–Kier alpha value is -0.170. The van der Waals surface area contributed by atoms with Gasteiger partial charge in [-0.15, -0.1) is 0 Å². The van der Waals surface area contributed by atoms with Crippen LogP contribution in [0.1, 0.15) is 6.42 Å². The van der Waals surface area contributed by atoms with Crippen LogP contribution in [-0.4, -0.2) is 41.6 Å². The summed E-state index contributed by atoms with van der Waals surface area (Å²) in [6, 6.07) is 0. The molecule has 1 aliphatic heterocycles. The molecule has 0 unspecified atom stereocenters. The van der Waals surface area contributed by atoms with Crippen LogP contribution in [0.25, 0.3) is 0 Å². The molecular weight excluding hydrogens is 158 g/mol. The van der Waals surface area contributed by atoms with Crippen LogP contribution in [-0.2, 0) is 10.0 Å². The molecule has 5 nitrogen and oxygen atoms in total. The second kappa shape index (κ2) is 2.46. The Morgan fingerprint density at radius 2 is 2.00 bits per heavy atom. The first-order chi connectivity index (χ1) is 4.54. The van der Waals surface area contributed by atoms with Gasteiger partial charge in [0.1, 0.15) is 0 Å². The van der Waals surface area contributed by atoms with E-state index in [-0.39, 0.29) is 12.3 Å². The summed E-state index contributed by atoms with van der Waals surface area (Å²) in [5.74, 6) is 0.0185. The van der Waals surface area contributed by atoms with Crippen LogP contribution < -0.4 is 0 Å². The molecule has 0 radical (unpaired) electrons. The Morgan fingerprint density at radius 1 is 1.40 bits per heavy atom. The first-order valence-electron chi connectivity index (χ1n) is 2.90. The molecule has 60 valence electrons. The summed E-state index contributed by atoms with van der Waals surface area (Å²) in [5, 5.41) is 17.0. The largest absolute Gasteiger partial charge is 0.355 e. The van der Waals surface area contributed by atoms with Gasteiger partial charge in [-0.25, -0.2) is 8.42 Å². The van der Waals surface area contributed by atoms with Crippen molar-refractivity contribution in [2.75, 3.05) is 12.3 Å². The fraction of sp³-hybridized carbons (Fsp3) is 1.00. The van der Waals surface area contributed by atoms with Crippen LogP contribution >= 0.6 is 0 Å². The average Bonchev–Trinajstić information content (AvgIpc) is 2.08. The van der Waals surface area contributed by atoms with Crippen molar-refractivity contribution in [2.45, 2.75) is 12.8 Å². The molecule has 0 aliphatic carbocycles. The maximum absolute atomic E-state index is 10.8. The minimum atomic E-state index is -3.35. The molecule has 0 atom stereocenters. The monoisotopic (exact) mass is 167 g/mol. The predicted octanol–water partition coefficient (Wildman–Crippen LogP) is -1.71. The molecule has 0 bridgehead atoms. The van der Waals surface area contributed by atoms with Gasteiger partial charge in [-0.05, 0) is 6.42 Å². The number of aliphatic hydroxyl groups is 2. The van der Waals surface area contributed by atoms with E-state index in [0.29, 0.717) is 10.7 Å². The zero-order valence-corrected chi connectivity index (χ0v) is 6.08. The number of aliphatic hydroxyl groups excluding tert-OH is 1. The predicted molar refractivity (Wildman–Crippen MR) is 33.3 cm³/mol. The summed E-state index contributed by atoms with van der Waals surface area (Å²) < 4.78 is 22.3. The van der Waals surface area contributed by atoms with Gasteiger partial charge in [-0.3, -0.25) is 0 Å². The number of rotatable bonds is 1. The maximum Gasteiger partial charge on any atom is 0.226 e. The molecule has 2 N–H and O–H groups in total. The third-order valence-corrected chi connectivity index (χ3v) is 3.29. The van der Waals surface area contributed by atoms with E-state index >= 15 is 0 Å². The van der Waals surface area contributed by atoms with E-state index in [1.165, 1.54) is 0 Å². The van der Waals surface area contributed by atoms with Crippen LogP contribution in [0.15, 0.2) is 0 Å². The molecule has 0 saturated carbocycles. The van der Waals surface area contributed by atoms with Crippen molar-refractivity contribution >= 4 is 10.0 Å². The molecule has 6 heteroatoms. The van der Waals surface area contributed by atoms with Crippen molar-refractivity contribution in [1.29, 1.82) is 0 Å². The van der Waals surface area contributed by atoms with Gasteiger partial charge in [0.15, 0.2) is 0 Å². The fourth-order valence-corrected chi connectivity index (χ4v) is 2.34. The zero-order chi connectivity index (χ0) is 7.78. The van der Waals surface area contributed by atoms with Crippen LogP contribution in [0.3, 0.4) is 0 Å². The number of sulfonamides is 1. The highest BCUT2D eigenvalue weighted by molar-refractivity contribution is 7.89. The summed E-state index contributed by atoms with van der Waals surface area (Å²) in [6.45, 7) is 0.208. The molecule has 0 aromatic carbocycles. The molecule has 0 spiro atoms. The highest BCUT2D eigenvalue weighted by Gasteiger charge is 2.32. The lowest BCUT2D eigenvalue weighted by Crippen LogP contribution is -2.36. The highest BCUT2D eigenvalue weighted by Crippen LogP contribution is 2.13. The van der Waals surface area contributed by atoms with Crippen LogP contribution in [0, 0.1) is 0 Å². The topological polar surface area (TPSA) is 77.8 Å². The first kappa shape index (κ1) is 7.93. The molecule has 1 rings (SSSR count). The Morgan fingerprint density at radius 3 is 2.20 bits per heavy atom. The summed E-state index contributed by atoms with van der Waals surface area (Å²) in [5.41, 5.74) is 0. The van der Waals surface area contributed by atoms with Gasteiger partial charge < -0.3 is 10.2 Å². The molecule has 1 saturated heterocycles. The SMILES string of the molecule is O=S1(=O)CCCN1C(O)O. The van der Waals surface area contributed by atoms with Crippen LogP contribution in [0.2, 0.25) is 0 Å². The third-order valence-electron chi connectivity index (χ3n) is 1.40. The molecule has 1 fully saturated rings. The lowest BCUT2D eigenvalue weighted by atomic mass is 10.5. The highest BCUT2D eigenvalue weighted by atomic mass is 32.2. The molecule has 1 heterocycles. The Kier molecular flexibility index (Phi) is 1.95. The van der Waals surface area contributed by atoms with Gasteiger partial charge in [0.05, 0.1) is 5.75 Å². The van der Waals surface area contributed by atoms with Gasteiger partial charge in [0.25, 0.3) is 0 Å². The number of nitrogens with zero attached hydrogens (tertiary/aromatic N) is 1. The molecule has 1 aliphatic rings. The van der Waals surface area contributed by atoms with E-state index in [9.17, 15) is 8.42 Å². The summed E-state index contributed by atoms with van der Waals surface area (Å²) in [7, 11) is -3.35. The number of hydrogen-bond acceptors (Lipinski definition) is 4. The summed E-state index contributed by atoms with van der Waals surface area (Å²) >= 11 is 0. The maximum atomic E-state index is 10.8. The van der Waals surface area contributed by atoms with Crippen LogP contribution in [0.5, 0.6) is 0 Å². The lowest BCUT2D eigenvalue weighted by molar-refractivity contribution is -0.114. The Bertz CT molecular complexity index is 209.